The highest BCUT2D eigenvalue weighted by atomic mass is 16.6. The van der Waals surface area contributed by atoms with Crippen molar-refractivity contribution in [2.45, 2.75) is 19.8 Å². The Kier molecular flexibility index (Phi) is 7.35. The van der Waals surface area contributed by atoms with Gasteiger partial charge in [-0.25, -0.2) is 0 Å². The summed E-state index contributed by atoms with van der Waals surface area (Å²) in [7, 11) is 1.57. The molecular weight excluding hydrogens is 356 g/mol. The molecule has 0 aliphatic rings. The number of nitro benzene ring substituents is 1. The molecule has 2 rings (SSSR count). The lowest BCUT2D eigenvalue weighted by Crippen LogP contribution is -2.02. The minimum absolute atomic E-state index is 0.0200. The zero-order valence-electron chi connectivity index (χ0n) is 16.0. The van der Waals surface area contributed by atoms with Gasteiger partial charge in [-0.1, -0.05) is 13.0 Å². The number of nitriles is 1. The van der Waals surface area contributed by atoms with Crippen LogP contribution in [0.5, 0.6) is 11.5 Å². The van der Waals surface area contributed by atoms with Gasteiger partial charge in [0.15, 0.2) is 11.5 Å². The van der Waals surface area contributed by atoms with Gasteiger partial charge < -0.3 is 9.47 Å². The van der Waals surface area contributed by atoms with Gasteiger partial charge in [0, 0.05) is 17.7 Å². The molecule has 0 spiro atoms. The Hall–Kier alpha value is -3.59. The lowest BCUT2D eigenvalue weighted by atomic mass is 10.0. The molecule has 0 N–H and O–H groups in total. The maximum absolute atomic E-state index is 10.8. The highest BCUT2D eigenvalue weighted by Gasteiger charge is 2.13. The fraction of sp³-hybridized carbons (Fsp3) is 0.227. The molecule has 6 nitrogen and oxygen atoms in total. The van der Waals surface area contributed by atoms with E-state index >= 15 is 0 Å². The Morgan fingerprint density at radius 3 is 2.57 bits per heavy atom. The van der Waals surface area contributed by atoms with E-state index in [4.69, 9.17) is 9.47 Å². The highest BCUT2D eigenvalue weighted by molar-refractivity contribution is 5.90. The van der Waals surface area contributed by atoms with E-state index in [-0.39, 0.29) is 5.69 Å². The van der Waals surface area contributed by atoms with Crippen LogP contribution in [0.2, 0.25) is 0 Å². The predicted molar refractivity (Wildman–Crippen MR) is 109 cm³/mol. The Morgan fingerprint density at radius 2 is 2.04 bits per heavy atom. The number of non-ortho nitro benzene ring substituents is 1. The van der Waals surface area contributed by atoms with Gasteiger partial charge in [-0.15, -0.1) is 6.58 Å². The average molecular weight is 378 g/mol. The summed E-state index contributed by atoms with van der Waals surface area (Å²) in [6.07, 6.45) is 4.97. The van der Waals surface area contributed by atoms with Gasteiger partial charge in [0.2, 0.25) is 0 Å². The van der Waals surface area contributed by atoms with Crippen molar-refractivity contribution < 1.29 is 14.4 Å². The summed E-state index contributed by atoms with van der Waals surface area (Å²) in [5, 5.41) is 20.4. The summed E-state index contributed by atoms with van der Waals surface area (Å²) >= 11 is 0. The Balaban J connectivity index is 2.49. The molecule has 0 fully saturated rings. The monoisotopic (exact) mass is 378 g/mol. The van der Waals surface area contributed by atoms with Crippen LogP contribution >= 0.6 is 0 Å². The highest BCUT2D eigenvalue weighted by Crippen LogP contribution is 2.35. The third kappa shape index (κ3) is 4.98. The first-order chi connectivity index (χ1) is 13.5. The van der Waals surface area contributed by atoms with E-state index in [9.17, 15) is 15.4 Å². The molecule has 0 aliphatic carbocycles. The maximum Gasteiger partial charge on any atom is 0.269 e. The average Bonchev–Trinajstić information content (AvgIpc) is 2.71. The summed E-state index contributed by atoms with van der Waals surface area (Å²) in [6, 6.07) is 11.8. The largest absolute Gasteiger partial charge is 0.493 e. The number of ether oxygens (including phenoxy) is 2. The van der Waals surface area contributed by atoms with Crippen LogP contribution in [-0.2, 0) is 6.42 Å². The second-order valence-electron chi connectivity index (χ2n) is 6.03. The molecule has 0 unspecified atom stereocenters. The molecular formula is C22H22N2O4. The van der Waals surface area contributed by atoms with Crippen molar-refractivity contribution in [1.82, 2.24) is 0 Å². The molecule has 0 bridgehead atoms. The standard InChI is InChI=1S/C22H22N2O4/c1-4-6-18-12-16(14-21(27-3)22(18)28-11-5-2)13-19(15-23)17-7-9-20(10-8-17)24(25)26/h4,7-10,12-14H,1,5-6,11H2,2-3H3/b19-13+. The van der Waals surface area contributed by atoms with Crippen LogP contribution in [0.3, 0.4) is 0 Å². The Bertz CT molecular complexity index is 925. The topological polar surface area (TPSA) is 85.4 Å². The van der Waals surface area contributed by atoms with Gasteiger partial charge >= 0.3 is 0 Å². The van der Waals surface area contributed by atoms with Crippen LogP contribution in [0, 0.1) is 21.4 Å². The summed E-state index contributed by atoms with van der Waals surface area (Å²) in [6.45, 7) is 6.39. The molecule has 2 aromatic rings. The second-order valence-corrected chi connectivity index (χ2v) is 6.03. The van der Waals surface area contributed by atoms with E-state index in [2.05, 4.69) is 12.6 Å². The van der Waals surface area contributed by atoms with Crippen molar-refractivity contribution in [1.29, 1.82) is 5.26 Å². The van der Waals surface area contributed by atoms with Crippen LogP contribution in [0.4, 0.5) is 5.69 Å². The Morgan fingerprint density at radius 1 is 1.32 bits per heavy atom. The number of methoxy groups -OCH3 is 1. The number of rotatable bonds is 9. The third-order valence-electron chi connectivity index (χ3n) is 4.01. The first kappa shape index (κ1) is 20.7. The van der Waals surface area contributed by atoms with Crippen LogP contribution < -0.4 is 9.47 Å². The van der Waals surface area contributed by atoms with Crippen LogP contribution in [-0.4, -0.2) is 18.6 Å². The van der Waals surface area contributed by atoms with E-state index in [0.717, 1.165) is 17.5 Å². The lowest BCUT2D eigenvalue weighted by molar-refractivity contribution is -0.384. The Labute approximate surface area is 164 Å². The summed E-state index contributed by atoms with van der Waals surface area (Å²) in [5.41, 5.74) is 2.66. The second kappa shape index (κ2) is 9.93. The first-order valence-electron chi connectivity index (χ1n) is 8.85. The quantitative estimate of drug-likeness (QED) is 0.197. The summed E-state index contributed by atoms with van der Waals surface area (Å²) < 4.78 is 11.3. The van der Waals surface area contributed by atoms with E-state index in [1.165, 1.54) is 12.1 Å². The van der Waals surface area contributed by atoms with E-state index < -0.39 is 4.92 Å². The molecule has 6 heteroatoms. The van der Waals surface area contributed by atoms with Crippen molar-refractivity contribution in [2.75, 3.05) is 13.7 Å². The third-order valence-corrected chi connectivity index (χ3v) is 4.01. The normalized spacial score (nSPS) is 10.8. The zero-order chi connectivity index (χ0) is 20.5. The smallest absolute Gasteiger partial charge is 0.269 e. The van der Waals surface area contributed by atoms with Gasteiger partial charge in [0.1, 0.15) is 0 Å². The SMILES string of the molecule is C=CCc1cc(/C=C(\C#N)c2ccc([N+](=O)[O-])cc2)cc(OC)c1OCCC. The number of hydrogen-bond donors (Lipinski definition) is 0. The van der Waals surface area contributed by atoms with Gasteiger partial charge in [0.05, 0.1) is 30.3 Å². The zero-order valence-corrected chi connectivity index (χ0v) is 16.0. The number of nitrogens with zero attached hydrogens (tertiary/aromatic N) is 2. The van der Waals surface area contributed by atoms with Crippen LogP contribution in [0.25, 0.3) is 11.6 Å². The number of nitro groups is 1. The molecule has 0 atom stereocenters. The summed E-state index contributed by atoms with van der Waals surface area (Å²) in [5.74, 6) is 1.26. The van der Waals surface area contributed by atoms with Crippen molar-refractivity contribution >= 4 is 17.3 Å². The molecule has 2 aromatic carbocycles. The molecule has 0 saturated heterocycles. The number of benzene rings is 2. The molecule has 144 valence electrons. The van der Waals surface area contributed by atoms with Crippen LogP contribution in [0.1, 0.15) is 30.0 Å². The fourth-order valence-electron chi connectivity index (χ4n) is 2.70. The van der Waals surface area contributed by atoms with Gasteiger partial charge in [-0.3, -0.25) is 10.1 Å². The number of allylic oxidation sites excluding steroid dienone is 2. The predicted octanol–water partition coefficient (Wildman–Crippen LogP) is 5.18. The maximum atomic E-state index is 10.8. The molecule has 0 amide bonds. The van der Waals surface area contributed by atoms with Crippen LogP contribution in [0.15, 0.2) is 49.1 Å². The molecule has 28 heavy (non-hydrogen) atoms. The van der Waals surface area contributed by atoms with Gasteiger partial charge in [-0.2, -0.15) is 5.26 Å². The molecule has 0 aromatic heterocycles. The number of hydrogen-bond acceptors (Lipinski definition) is 5. The van der Waals surface area contributed by atoms with Crippen molar-refractivity contribution in [3.05, 3.63) is 75.9 Å². The van der Waals surface area contributed by atoms with E-state index in [1.54, 1.807) is 37.5 Å². The van der Waals surface area contributed by atoms with E-state index in [0.29, 0.717) is 35.7 Å². The minimum atomic E-state index is -0.471. The lowest BCUT2D eigenvalue weighted by Gasteiger charge is -2.15. The first-order valence-corrected chi connectivity index (χ1v) is 8.85. The molecule has 0 saturated carbocycles. The van der Waals surface area contributed by atoms with Gasteiger partial charge in [0.25, 0.3) is 5.69 Å². The van der Waals surface area contributed by atoms with E-state index in [1.807, 2.05) is 13.0 Å². The van der Waals surface area contributed by atoms with Gasteiger partial charge in [-0.05, 0) is 54.3 Å². The fourth-order valence-corrected chi connectivity index (χ4v) is 2.70. The minimum Gasteiger partial charge on any atom is -0.493 e. The molecule has 0 aliphatic heterocycles. The van der Waals surface area contributed by atoms with Crippen molar-refractivity contribution in [3.8, 4) is 17.6 Å². The molecule has 0 heterocycles. The summed E-state index contributed by atoms with van der Waals surface area (Å²) in [4.78, 5) is 10.3. The molecule has 0 radical (unpaired) electrons. The van der Waals surface area contributed by atoms with Crippen molar-refractivity contribution in [2.24, 2.45) is 0 Å². The van der Waals surface area contributed by atoms with Crippen molar-refractivity contribution in [3.63, 3.8) is 0 Å².